The molecule has 2 bridgehead atoms. The average molecular weight is 275 g/mol. The van der Waals surface area contributed by atoms with Gasteiger partial charge in [-0.15, -0.1) is 0 Å². The third-order valence-corrected chi connectivity index (χ3v) is 4.03. The second-order valence-corrected chi connectivity index (χ2v) is 5.80. The van der Waals surface area contributed by atoms with Crippen molar-refractivity contribution in [2.45, 2.75) is 38.5 Å². The standard InChI is InChI=1S/C14H18BNO4/c1-13(2)14(3)16-12(17)8-9-18-11-7-5-4-6-10(11)15(19-13)20-14/h4-7H,8-9H2,1-3H3,(H,16,17). The Morgan fingerprint density at radius 1 is 1.20 bits per heavy atom. The van der Waals surface area contributed by atoms with E-state index in [4.69, 9.17) is 14.0 Å². The minimum atomic E-state index is -0.862. The van der Waals surface area contributed by atoms with Gasteiger partial charge in [0.15, 0.2) is 5.72 Å². The average Bonchev–Trinajstić information content (AvgIpc) is 2.59. The van der Waals surface area contributed by atoms with Crippen LogP contribution >= 0.6 is 0 Å². The highest BCUT2D eigenvalue weighted by atomic mass is 16.7. The summed E-state index contributed by atoms with van der Waals surface area (Å²) in [6, 6.07) is 7.60. The van der Waals surface area contributed by atoms with Gasteiger partial charge in [-0.25, -0.2) is 0 Å². The zero-order chi connectivity index (χ0) is 14.4. The maximum absolute atomic E-state index is 12.0. The van der Waals surface area contributed by atoms with Gasteiger partial charge < -0.3 is 19.4 Å². The van der Waals surface area contributed by atoms with Gasteiger partial charge in [0.05, 0.1) is 18.6 Å². The van der Waals surface area contributed by atoms with E-state index in [1.165, 1.54) is 0 Å². The van der Waals surface area contributed by atoms with Gasteiger partial charge in [0.25, 0.3) is 0 Å². The molecule has 106 valence electrons. The Kier molecular flexibility index (Phi) is 3.03. The summed E-state index contributed by atoms with van der Waals surface area (Å²) in [6.07, 6.45) is 0.286. The summed E-state index contributed by atoms with van der Waals surface area (Å²) >= 11 is 0. The van der Waals surface area contributed by atoms with Crippen molar-refractivity contribution in [2.75, 3.05) is 6.61 Å². The number of carbonyl (C=O) groups is 1. The van der Waals surface area contributed by atoms with E-state index < -0.39 is 18.4 Å². The molecule has 2 heterocycles. The van der Waals surface area contributed by atoms with Gasteiger partial charge in [0.2, 0.25) is 5.91 Å². The molecular formula is C14H18BNO4. The van der Waals surface area contributed by atoms with Crippen LogP contribution in [0.5, 0.6) is 5.75 Å². The maximum Gasteiger partial charge on any atom is 0.500 e. The Morgan fingerprint density at radius 2 is 1.95 bits per heavy atom. The van der Waals surface area contributed by atoms with E-state index in [2.05, 4.69) is 5.32 Å². The first kappa shape index (κ1) is 13.5. The number of amides is 1. The zero-order valence-electron chi connectivity index (χ0n) is 11.9. The van der Waals surface area contributed by atoms with Gasteiger partial charge in [0.1, 0.15) is 5.75 Å². The molecule has 2 aliphatic heterocycles. The SMILES string of the molecule is CC1(C)OB2OC1(C)NC(=O)CCOc1ccccc12. The minimum Gasteiger partial charge on any atom is -0.493 e. The van der Waals surface area contributed by atoms with Gasteiger partial charge >= 0.3 is 7.12 Å². The molecule has 1 amide bonds. The molecular weight excluding hydrogens is 257 g/mol. The van der Waals surface area contributed by atoms with Gasteiger partial charge in [0, 0.05) is 5.46 Å². The second-order valence-electron chi connectivity index (χ2n) is 5.80. The lowest BCUT2D eigenvalue weighted by atomic mass is 9.78. The molecule has 1 unspecified atom stereocenters. The fourth-order valence-corrected chi connectivity index (χ4v) is 2.46. The number of para-hydroxylation sites is 1. The van der Waals surface area contributed by atoms with Gasteiger partial charge in [-0.1, -0.05) is 18.2 Å². The largest absolute Gasteiger partial charge is 0.500 e. The second kappa shape index (κ2) is 4.50. The highest BCUT2D eigenvalue weighted by Gasteiger charge is 2.56. The number of hydrogen-bond donors (Lipinski definition) is 1. The summed E-state index contributed by atoms with van der Waals surface area (Å²) in [4.78, 5) is 12.0. The Labute approximate surface area is 118 Å². The minimum absolute atomic E-state index is 0.107. The van der Waals surface area contributed by atoms with E-state index >= 15 is 0 Å². The number of fused-ring (bicyclic) bond motifs is 4. The van der Waals surface area contributed by atoms with Crippen molar-refractivity contribution < 1.29 is 18.8 Å². The van der Waals surface area contributed by atoms with Gasteiger partial charge in [-0.05, 0) is 26.8 Å². The number of hydrogen-bond acceptors (Lipinski definition) is 4. The highest BCUT2D eigenvalue weighted by Crippen LogP contribution is 2.36. The van der Waals surface area contributed by atoms with Crippen molar-refractivity contribution in [1.29, 1.82) is 0 Å². The molecule has 5 nitrogen and oxygen atoms in total. The quantitative estimate of drug-likeness (QED) is 0.712. The number of nitrogens with one attached hydrogen (secondary N) is 1. The van der Waals surface area contributed by atoms with Crippen LogP contribution in [0.4, 0.5) is 0 Å². The summed E-state index contributed by atoms with van der Waals surface area (Å²) in [5.74, 6) is 0.594. The van der Waals surface area contributed by atoms with Crippen LogP contribution in [0.3, 0.4) is 0 Å². The molecule has 1 saturated heterocycles. The first-order valence-corrected chi connectivity index (χ1v) is 6.80. The molecule has 1 fully saturated rings. The van der Waals surface area contributed by atoms with Crippen LogP contribution in [0, 0.1) is 0 Å². The van der Waals surface area contributed by atoms with Crippen molar-refractivity contribution in [3.8, 4) is 5.75 Å². The fourth-order valence-electron chi connectivity index (χ4n) is 2.46. The molecule has 20 heavy (non-hydrogen) atoms. The van der Waals surface area contributed by atoms with E-state index in [9.17, 15) is 4.79 Å². The third-order valence-electron chi connectivity index (χ3n) is 4.03. The number of ether oxygens (including phenoxy) is 1. The molecule has 0 radical (unpaired) electrons. The predicted octanol–water partition coefficient (Wildman–Crippen LogP) is 0.822. The van der Waals surface area contributed by atoms with Crippen LogP contribution in [-0.2, 0) is 14.1 Å². The third kappa shape index (κ3) is 2.09. The van der Waals surface area contributed by atoms with Crippen molar-refractivity contribution in [3.63, 3.8) is 0 Å². The number of carbonyl (C=O) groups excluding carboxylic acids is 1. The van der Waals surface area contributed by atoms with Crippen LogP contribution < -0.4 is 15.5 Å². The number of rotatable bonds is 0. The molecule has 1 aromatic carbocycles. The lowest BCUT2D eigenvalue weighted by Crippen LogP contribution is -2.58. The monoisotopic (exact) mass is 275 g/mol. The van der Waals surface area contributed by atoms with Crippen LogP contribution in [0.1, 0.15) is 27.2 Å². The van der Waals surface area contributed by atoms with Crippen molar-refractivity contribution in [3.05, 3.63) is 24.3 Å². The lowest BCUT2D eigenvalue weighted by Gasteiger charge is -2.36. The molecule has 0 spiro atoms. The Bertz CT molecular complexity index is 548. The molecule has 2 aliphatic rings. The number of benzene rings is 1. The molecule has 1 aromatic rings. The first-order chi connectivity index (χ1) is 9.41. The fraction of sp³-hybridized carbons (Fsp3) is 0.500. The zero-order valence-corrected chi connectivity index (χ0v) is 11.9. The molecule has 1 N–H and O–H groups in total. The Hall–Kier alpha value is -1.53. The summed E-state index contributed by atoms with van der Waals surface area (Å²) in [5.41, 5.74) is -0.648. The summed E-state index contributed by atoms with van der Waals surface area (Å²) < 4.78 is 17.7. The van der Waals surface area contributed by atoms with Gasteiger partial charge in [-0.3, -0.25) is 4.79 Å². The van der Waals surface area contributed by atoms with Crippen LogP contribution in [-0.4, -0.2) is 31.0 Å². The normalized spacial score (nSPS) is 28.4. The predicted molar refractivity (Wildman–Crippen MR) is 74.7 cm³/mol. The molecule has 0 aliphatic carbocycles. The van der Waals surface area contributed by atoms with E-state index in [0.29, 0.717) is 12.4 Å². The highest BCUT2D eigenvalue weighted by molar-refractivity contribution is 6.63. The van der Waals surface area contributed by atoms with Gasteiger partial charge in [-0.2, -0.15) is 0 Å². The Morgan fingerprint density at radius 3 is 2.75 bits per heavy atom. The smallest absolute Gasteiger partial charge is 0.493 e. The van der Waals surface area contributed by atoms with Crippen molar-refractivity contribution in [2.24, 2.45) is 0 Å². The Balaban J connectivity index is 2.05. The summed E-state index contributed by atoms with van der Waals surface area (Å²) in [5, 5.41) is 2.91. The van der Waals surface area contributed by atoms with Crippen LogP contribution in [0.15, 0.2) is 24.3 Å². The molecule has 0 saturated carbocycles. The summed E-state index contributed by atoms with van der Waals surface area (Å²) in [6.45, 7) is 6.01. The molecule has 6 heteroatoms. The first-order valence-electron chi connectivity index (χ1n) is 6.80. The van der Waals surface area contributed by atoms with E-state index in [1.54, 1.807) is 0 Å². The summed E-state index contributed by atoms with van der Waals surface area (Å²) in [7, 11) is -0.551. The van der Waals surface area contributed by atoms with Crippen molar-refractivity contribution in [1.82, 2.24) is 5.32 Å². The molecule has 3 rings (SSSR count). The molecule has 0 aromatic heterocycles. The van der Waals surface area contributed by atoms with Crippen LogP contribution in [0.2, 0.25) is 0 Å². The maximum atomic E-state index is 12.0. The topological polar surface area (TPSA) is 56.8 Å². The van der Waals surface area contributed by atoms with Crippen molar-refractivity contribution >= 4 is 18.5 Å². The molecule has 1 atom stereocenters. The van der Waals surface area contributed by atoms with E-state index in [1.807, 2.05) is 45.0 Å². The van der Waals surface area contributed by atoms with Crippen LogP contribution in [0.25, 0.3) is 0 Å². The lowest BCUT2D eigenvalue weighted by molar-refractivity contribution is -0.131. The van der Waals surface area contributed by atoms with E-state index in [-0.39, 0.29) is 12.3 Å². The van der Waals surface area contributed by atoms with E-state index in [0.717, 1.165) is 5.46 Å².